The molecule has 5 aliphatic carbocycles. The SMILES string of the molecule is COc1cc(CN(CC(=O)NC23CC4CC(CC(C4)C2)C3)C2CC2)ccc1OC(F)F. The maximum atomic E-state index is 13.1. The van der Waals surface area contributed by atoms with Crippen molar-refractivity contribution in [1.29, 1.82) is 0 Å². The molecule has 1 aromatic rings. The monoisotopic (exact) mass is 434 g/mol. The van der Waals surface area contributed by atoms with E-state index < -0.39 is 6.61 Å². The van der Waals surface area contributed by atoms with Crippen LogP contribution in [0, 0.1) is 17.8 Å². The van der Waals surface area contributed by atoms with Crippen LogP contribution in [0.1, 0.15) is 56.9 Å². The Kier molecular flexibility index (Phi) is 5.57. The number of amides is 1. The van der Waals surface area contributed by atoms with E-state index in [1.165, 1.54) is 32.4 Å². The molecule has 1 N–H and O–H groups in total. The van der Waals surface area contributed by atoms with Crippen LogP contribution in [0.2, 0.25) is 0 Å². The number of nitrogens with one attached hydrogen (secondary N) is 1. The summed E-state index contributed by atoms with van der Waals surface area (Å²) < 4.78 is 34.9. The number of benzene rings is 1. The Bertz CT molecular complexity index is 792. The van der Waals surface area contributed by atoms with Gasteiger partial charge in [-0.05, 0) is 86.8 Å². The molecule has 1 aromatic carbocycles. The van der Waals surface area contributed by atoms with Crippen LogP contribution in [0.25, 0.3) is 0 Å². The van der Waals surface area contributed by atoms with Gasteiger partial charge in [-0.25, -0.2) is 0 Å². The molecule has 5 fully saturated rings. The van der Waals surface area contributed by atoms with Crippen LogP contribution >= 0.6 is 0 Å². The maximum Gasteiger partial charge on any atom is 0.387 e. The number of rotatable bonds is 9. The Hall–Kier alpha value is -1.89. The van der Waals surface area contributed by atoms with Crippen molar-refractivity contribution in [2.24, 2.45) is 17.8 Å². The molecule has 1 amide bonds. The predicted molar refractivity (Wildman–Crippen MR) is 112 cm³/mol. The molecule has 6 rings (SSSR count). The average Bonchev–Trinajstić information content (AvgIpc) is 3.52. The van der Waals surface area contributed by atoms with Gasteiger partial charge >= 0.3 is 6.61 Å². The fraction of sp³-hybridized carbons (Fsp3) is 0.708. The summed E-state index contributed by atoms with van der Waals surface area (Å²) in [6.07, 6.45) is 9.71. The minimum atomic E-state index is -2.89. The van der Waals surface area contributed by atoms with E-state index in [0.717, 1.165) is 55.4 Å². The highest BCUT2D eigenvalue weighted by Gasteiger charge is 2.51. The van der Waals surface area contributed by atoms with E-state index in [9.17, 15) is 13.6 Å². The molecule has 0 heterocycles. The quantitative estimate of drug-likeness (QED) is 0.628. The summed E-state index contributed by atoms with van der Waals surface area (Å²) in [6, 6.07) is 5.42. The van der Waals surface area contributed by atoms with Gasteiger partial charge in [-0.15, -0.1) is 0 Å². The van der Waals surface area contributed by atoms with Gasteiger partial charge in [0.1, 0.15) is 0 Å². The maximum absolute atomic E-state index is 13.1. The molecule has 0 aliphatic heterocycles. The number of carbonyl (C=O) groups is 1. The van der Waals surface area contributed by atoms with Crippen molar-refractivity contribution in [3.05, 3.63) is 23.8 Å². The van der Waals surface area contributed by atoms with Crippen molar-refractivity contribution < 1.29 is 23.0 Å². The largest absolute Gasteiger partial charge is 0.493 e. The third-order valence-electron chi connectivity index (χ3n) is 7.68. The first-order chi connectivity index (χ1) is 14.9. The fourth-order valence-electron chi connectivity index (χ4n) is 6.78. The van der Waals surface area contributed by atoms with Crippen LogP contribution in [-0.2, 0) is 11.3 Å². The summed E-state index contributed by atoms with van der Waals surface area (Å²) in [5, 5.41) is 3.47. The molecular formula is C24H32F2N2O3. The van der Waals surface area contributed by atoms with Crippen molar-refractivity contribution in [3.63, 3.8) is 0 Å². The number of ether oxygens (including phenoxy) is 2. The topological polar surface area (TPSA) is 50.8 Å². The van der Waals surface area contributed by atoms with Gasteiger partial charge in [0.25, 0.3) is 0 Å². The van der Waals surface area contributed by atoms with E-state index >= 15 is 0 Å². The smallest absolute Gasteiger partial charge is 0.387 e. The lowest BCUT2D eigenvalue weighted by Gasteiger charge is -2.57. The third kappa shape index (κ3) is 4.66. The summed E-state index contributed by atoms with van der Waals surface area (Å²) in [7, 11) is 1.44. The minimum Gasteiger partial charge on any atom is -0.493 e. The van der Waals surface area contributed by atoms with Gasteiger partial charge < -0.3 is 14.8 Å². The number of halogens is 2. The van der Waals surface area contributed by atoms with E-state index in [4.69, 9.17) is 4.74 Å². The molecule has 0 atom stereocenters. The second kappa shape index (κ2) is 8.23. The molecule has 31 heavy (non-hydrogen) atoms. The third-order valence-corrected chi connectivity index (χ3v) is 7.68. The molecule has 7 heteroatoms. The van der Waals surface area contributed by atoms with Crippen LogP contribution in [0.5, 0.6) is 11.5 Å². The van der Waals surface area contributed by atoms with Crippen LogP contribution in [-0.4, -0.2) is 42.7 Å². The van der Waals surface area contributed by atoms with Crippen molar-refractivity contribution in [1.82, 2.24) is 10.2 Å². The fourth-order valence-corrected chi connectivity index (χ4v) is 6.78. The highest BCUT2D eigenvalue weighted by atomic mass is 19.3. The Morgan fingerprint density at radius 2 is 1.77 bits per heavy atom. The van der Waals surface area contributed by atoms with Gasteiger partial charge in [-0.3, -0.25) is 9.69 Å². The number of alkyl halides is 2. The van der Waals surface area contributed by atoms with E-state index in [-0.39, 0.29) is 22.9 Å². The number of nitrogens with zero attached hydrogens (tertiary/aromatic N) is 1. The number of hydrogen-bond donors (Lipinski definition) is 1. The average molecular weight is 435 g/mol. The van der Waals surface area contributed by atoms with E-state index in [0.29, 0.717) is 19.1 Å². The molecule has 170 valence electrons. The molecule has 0 spiro atoms. The Morgan fingerprint density at radius 3 is 2.32 bits per heavy atom. The molecule has 0 aromatic heterocycles. The van der Waals surface area contributed by atoms with Gasteiger partial charge in [0.05, 0.1) is 13.7 Å². The van der Waals surface area contributed by atoms with Crippen LogP contribution < -0.4 is 14.8 Å². The number of methoxy groups -OCH3 is 1. The summed E-state index contributed by atoms with van der Waals surface area (Å²) >= 11 is 0. The van der Waals surface area contributed by atoms with Gasteiger partial charge in [-0.1, -0.05) is 6.07 Å². The zero-order chi connectivity index (χ0) is 21.6. The highest BCUT2D eigenvalue weighted by Crippen LogP contribution is 2.55. The molecule has 5 saturated carbocycles. The van der Waals surface area contributed by atoms with Crippen molar-refractivity contribution in [2.75, 3.05) is 13.7 Å². The lowest BCUT2D eigenvalue weighted by atomic mass is 9.53. The normalized spacial score (nSPS) is 31.3. The first kappa shape index (κ1) is 21.0. The zero-order valence-corrected chi connectivity index (χ0v) is 18.1. The molecule has 5 nitrogen and oxygen atoms in total. The Labute approximate surface area is 182 Å². The minimum absolute atomic E-state index is 0.0263. The van der Waals surface area contributed by atoms with E-state index in [2.05, 4.69) is 15.0 Å². The van der Waals surface area contributed by atoms with E-state index in [1.807, 2.05) is 0 Å². The summed E-state index contributed by atoms with van der Waals surface area (Å²) in [5.41, 5.74) is 0.950. The van der Waals surface area contributed by atoms with Crippen LogP contribution in [0.3, 0.4) is 0 Å². The Balaban J connectivity index is 1.23. The predicted octanol–water partition coefficient (Wildman–Crippen LogP) is 4.35. The van der Waals surface area contributed by atoms with Crippen LogP contribution in [0.4, 0.5) is 8.78 Å². The molecule has 4 bridgehead atoms. The molecule has 0 saturated heterocycles. The molecular weight excluding hydrogens is 402 g/mol. The van der Waals surface area contributed by atoms with Gasteiger partial charge in [0.2, 0.25) is 5.91 Å². The van der Waals surface area contributed by atoms with E-state index in [1.54, 1.807) is 12.1 Å². The van der Waals surface area contributed by atoms with Gasteiger partial charge in [-0.2, -0.15) is 8.78 Å². The van der Waals surface area contributed by atoms with Crippen molar-refractivity contribution in [3.8, 4) is 11.5 Å². The van der Waals surface area contributed by atoms with Gasteiger partial charge in [0.15, 0.2) is 11.5 Å². The molecule has 5 aliphatic rings. The lowest BCUT2D eigenvalue weighted by Crippen LogP contribution is -2.61. The van der Waals surface area contributed by atoms with Crippen molar-refractivity contribution in [2.45, 2.75) is 76.1 Å². The standard InChI is InChI=1S/C24H32F2N2O3/c1-30-21-9-15(2-5-20(21)31-23(25)26)13-28(19-3-4-19)14-22(29)27-24-10-16-6-17(11-24)8-18(7-16)12-24/h2,5,9,16-19,23H,3-4,6-8,10-14H2,1H3,(H,27,29). The highest BCUT2D eigenvalue weighted by molar-refractivity contribution is 5.79. The van der Waals surface area contributed by atoms with Gasteiger partial charge in [0, 0.05) is 18.1 Å². The van der Waals surface area contributed by atoms with Crippen LogP contribution in [0.15, 0.2) is 18.2 Å². The first-order valence-corrected chi connectivity index (χ1v) is 11.6. The second-order valence-electron chi connectivity index (χ2n) is 10.2. The zero-order valence-electron chi connectivity index (χ0n) is 18.1. The summed E-state index contributed by atoms with van der Waals surface area (Å²) in [6.45, 7) is -1.93. The summed E-state index contributed by atoms with van der Waals surface area (Å²) in [4.78, 5) is 15.3. The first-order valence-electron chi connectivity index (χ1n) is 11.6. The van der Waals surface area contributed by atoms with Crippen molar-refractivity contribution >= 4 is 5.91 Å². The molecule has 0 unspecified atom stereocenters. The lowest BCUT2D eigenvalue weighted by molar-refractivity contribution is -0.128. The molecule has 0 radical (unpaired) electrons. The Morgan fingerprint density at radius 1 is 1.13 bits per heavy atom. The number of carbonyl (C=O) groups excluding carboxylic acids is 1. The number of hydrogen-bond acceptors (Lipinski definition) is 4. The summed E-state index contributed by atoms with van der Waals surface area (Å²) in [5.74, 6) is 2.83. The second-order valence-corrected chi connectivity index (χ2v) is 10.2.